The fraction of sp³-hybridized carbons (Fsp3) is 0.500. The van der Waals surface area contributed by atoms with Crippen molar-refractivity contribution in [2.75, 3.05) is 29.7 Å². The van der Waals surface area contributed by atoms with E-state index in [2.05, 4.69) is 4.90 Å². The first-order valence-corrected chi connectivity index (χ1v) is 8.58. The number of carbonyl (C=O) groups is 2. The summed E-state index contributed by atoms with van der Waals surface area (Å²) in [7, 11) is 0. The van der Waals surface area contributed by atoms with E-state index in [9.17, 15) is 9.59 Å². The van der Waals surface area contributed by atoms with Gasteiger partial charge in [-0.15, -0.1) is 23.2 Å². The fourth-order valence-electron chi connectivity index (χ4n) is 1.76. The number of aliphatic carboxylic acids is 2. The van der Waals surface area contributed by atoms with Crippen LogP contribution < -0.4 is 10.6 Å². The van der Waals surface area contributed by atoms with E-state index in [-0.39, 0.29) is 6.42 Å². The highest BCUT2D eigenvalue weighted by Gasteiger charge is 2.12. The minimum atomic E-state index is -0.991. The second-order valence-electron chi connectivity index (χ2n) is 4.93. The maximum absolute atomic E-state index is 10.7. The SMILES string of the molecule is CCC(=O)O.N[C@@H](Cc1ccc(N(CCCl)CCCl)cc1)C(=O)O. The first kappa shape index (κ1) is 22.5. The number of carboxylic acids is 2. The highest BCUT2D eigenvalue weighted by molar-refractivity contribution is 6.18. The highest BCUT2D eigenvalue weighted by atomic mass is 35.5. The maximum atomic E-state index is 10.7. The molecule has 0 unspecified atom stereocenters. The molecule has 1 rings (SSSR count). The number of nitrogens with zero attached hydrogens (tertiary/aromatic N) is 1. The number of anilines is 1. The standard InChI is InChI=1S/C13H18Cl2N2O2.C3H6O2/c14-5-7-17(8-6-15)11-3-1-10(2-4-11)9-12(16)13(18)19;1-2-3(4)5/h1-4,12H,5-9,16H2,(H,18,19);2H2,1H3,(H,4,5)/t12-;/m0./s1. The smallest absolute Gasteiger partial charge is 0.320 e. The largest absolute Gasteiger partial charge is 0.481 e. The second-order valence-corrected chi connectivity index (χ2v) is 5.68. The second kappa shape index (κ2) is 12.9. The van der Waals surface area contributed by atoms with E-state index in [4.69, 9.17) is 39.1 Å². The van der Waals surface area contributed by atoms with Crippen molar-refractivity contribution in [2.45, 2.75) is 25.8 Å². The molecule has 8 heteroatoms. The van der Waals surface area contributed by atoms with Crippen LogP contribution in [0.5, 0.6) is 0 Å². The van der Waals surface area contributed by atoms with Crippen LogP contribution in [0.2, 0.25) is 0 Å². The molecule has 0 fully saturated rings. The highest BCUT2D eigenvalue weighted by Crippen LogP contribution is 2.16. The van der Waals surface area contributed by atoms with E-state index in [0.717, 1.165) is 24.3 Å². The Bertz CT molecular complexity index is 491. The molecule has 0 amide bonds. The summed E-state index contributed by atoms with van der Waals surface area (Å²) in [5.74, 6) is -0.676. The van der Waals surface area contributed by atoms with Gasteiger partial charge in [0, 0.05) is 37.0 Å². The van der Waals surface area contributed by atoms with Gasteiger partial charge in [-0.2, -0.15) is 0 Å². The van der Waals surface area contributed by atoms with E-state index in [1.54, 1.807) is 6.92 Å². The Morgan fingerprint density at radius 3 is 1.92 bits per heavy atom. The molecule has 0 aliphatic heterocycles. The molecule has 0 spiro atoms. The summed E-state index contributed by atoms with van der Waals surface area (Å²) in [5, 5.41) is 16.5. The lowest BCUT2D eigenvalue weighted by Crippen LogP contribution is -2.32. The third-order valence-corrected chi connectivity index (χ3v) is 3.42. The average molecular weight is 379 g/mol. The minimum Gasteiger partial charge on any atom is -0.481 e. The Balaban J connectivity index is 0.000000922. The van der Waals surface area contributed by atoms with Crippen LogP contribution in [-0.2, 0) is 16.0 Å². The van der Waals surface area contributed by atoms with Gasteiger partial charge >= 0.3 is 11.9 Å². The van der Waals surface area contributed by atoms with E-state index < -0.39 is 18.0 Å². The van der Waals surface area contributed by atoms with Crippen LogP contribution in [0.15, 0.2) is 24.3 Å². The molecule has 0 saturated carbocycles. The molecule has 1 atom stereocenters. The summed E-state index contributed by atoms with van der Waals surface area (Å²) in [4.78, 5) is 22.1. The van der Waals surface area contributed by atoms with Gasteiger partial charge in [0.15, 0.2) is 0 Å². The van der Waals surface area contributed by atoms with E-state index in [1.807, 2.05) is 24.3 Å². The Labute approximate surface area is 152 Å². The molecule has 0 aromatic heterocycles. The molecule has 0 aliphatic rings. The van der Waals surface area contributed by atoms with Gasteiger partial charge in [-0.1, -0.05) is 19.1 Å². The molecule has 0 heterocycles. The third kappa shape index (κ3) is 9.60. The summed E-state index contributed by atoms with van der Waals surface area (Å²) in [6.07, 6.45) is 0.542. The number of alkyl halides is 2. The number of halogens is 2. The maximum Gasteiger partial charge on any atom is 0.320 e. The molecule has 6 nitrogen and oxygen atoms in total. The van der Waals surface area contributed by atoms with Gasteiger partial charge in [0.25, 0.3) is 0 Å². The van der Waals surface area contributed by atoms with Crippen molar-refractivity contribution in [2.24, 2.45) is 5.73 Å². The van der Waals surface area contributed by atoms with Crippen molar-refractivity contribution in [3.8, 4) is 0 Å². The number of benzene rings is 1. The van der Waals surface area contributed by atoms with Gasteiger partial charge in [-0.25, -0.2) is 0 Å². The molecule has 0 bridgehead atoms. The molecular weight excluding hydrogens is 355 g/mol. The van der Waals surface area contributed by atoms with Crippen molar-refractivity contribution in [3.63, 3.8) is 0 Å². The van der Waals surface area contributed by atoms with Gasteiger partial charge in [-0.3, -0.25) is 9.59 Å². The summed E-state index contributed by atoms with van der Waals surface area (Å²) >= 11 is 11.5. The Morgan fingerprint density at radius 2 is 1.58 bits per heavy atom. The van der Waals surface area contributed by atoms with Crippen LogP contribution >= 0.6 is 23.2 Å². The third-order valence-electron chi connectivity index (χ3n) is 3.09. The van der Waals surface area contributed by atoms with Gasteiger partial charge < -0.3 is 20.8 Å². The Morgan fingerprint density at radius 1 is 1.12 bits per heavy atom. The van der Waals surface area contributed by atoms with Gasteiger partial charge in [0.2, 0.25) is 0 Å². The molecule has 24 heavy (non-hydrogen) atoms. The number of carboxylic acid groups (broad SMARTS) is 2. The van der Waals surface area contributed by atoms with Crippen molar-refractivity contribution in [1.29, 1.82) is 0 Å². The Kier molecular flexibility index (Phi) is 12.1. The van der Waals surface area contributed by atoms with Crippen LogP contribution in [0.3, 0.4) is 0 Å². The van der Waals surface area contributed by atoms with Crippen LogP contribution in [0, 0.1) is 0 Å². The summed E-state index contributed by atoms with van der Waals surface area (Å²) < 4.78 is 0. The van der Waals surface area contributed by atoms with Crippen molar-refractivity contribution in [1.82, 2.24) is 0 Å². The molecule has 4 N–H and O–H groups in total. The first-order chi connectivity index (χ1) is 11.3. The van der Waals surface area contributed by atoms with E-state index >= 15 is 0 Å². The number of hydrogen-bond donors (Lipinski definition) is 3. The number of rotatable bonds is 9. The average Bonchev–Trinajstić information content (AvgIpc) is 2.55. The monoisotopic (exact) mass is 378 g/mol. The van der Waals surface area contributed by atoms with Crippen molar-refractivity contribution in [3.05, 3.63) is 29.8 Å². The van der Waals surface area contributed by atoms with Crippen molar-refractivity contribution >= 4 is 40.8 Å². The Hall–Kier alpha value is -1.50. The molecule has 0 aliphatic carbocycles. The zero-order valence-corrected chi connectivity index (χ0v) is 15.1. The topological polar surface area (TPSA) is 104 Å². The quantitative estimate of drug-likeness (QED) is 0.570. The zero-order chi connectivity index (χ0) is 18.5. The molecule has 0 radical (unpaired) electrons. The minimum absolute atomic E-state index is 0.222. The molecule has 1 aromatic rings. The molecule has 0 saturated heterocycles. The van der Waals surface area contributed by atoms with Gasteiger partial charge in [0.1, 0.15) is 6.04 Å². The predicted octanol–water partition coefficient (Wildman–Crippen LogP) is 2.41. The number of nitrogens with two attached hydrogens (primary N) is 1. The lowest BCUT2D eigenvalue weighted by atomic mass is 10.1. The van der Waals surface area contributed by atoms with Crippen LogP contribution in [0.25, 0.3) is 0 Å². The van der Waals surface area contributed by atoms with E-state index in [1.165, 1.54) is 0 Å². The zero-order valence-electron chi connectivity index (χ0n) is 13.6. The predicted molar refractivity (Wildman–Crippen MR) is 97.3 cm³/mol. The van der Waals surface area contributed by atoms with Crippen LogP contribution in [0.1, 0.15) is 18.9 Å². The normalized spacial score (nSPS) is 11.2. The molecular formula is C16H24Cl2N2O4. The lowest BCUT2D eigenvalue weighted by molar-refractivity contribution is -0.138. The lowest BCUT2D eigenvalue weighted by Gasteiger charge is -2.23. The summed E-state index contributed by atoms with van der Waals surface area (Å²) in [6, 6.07) is 6.76. The summed E-state index contributed by atoms with van der Waals surface area (Å²) in [6.45, 7) is 3.05. The van der Waals surface area contributed by atoms with Crippen LogP contribution in [0.4, 0.5) is 5.69 Å². The molecule has 136 valence electrons. The van der Waals surface area contributed by atoms with Gasteiger partial charge in [-0.05, 0) is 24.1 Å². The van der Waals surface area contributed by atoms with Gasteiger partial charge in [0.05, 0.1) is 0 Å². The number of hydrogen-bond acceptors (Lipinski definition) is 4. The van der Waals surface area contributed by atoms with Crippen molar-refractivity contribution < 1.29 is 19.8 Å². The fourth-order valence-corrected chi connectivity index (χ4v) is 2.17. The first-order valence-electron chi connectivity index (χ1n) is 7.51. The van der Waals surface area contributed by atoms with Crippen LogP contribution in [-0.4, -0.2) is 53.0 Å². The molecule has 1 aromatic carbocycles. The summed E-state index contributed by atoms with van der Waals surface area (Å²) in [5.41, 5.74) is 7.42. The van der Waals surface area contributed by atoms with E-state index in [0.29, 0.717) is 18.2 Å².